The number of anilines is 1. The first kappa shape index (κ1) is 21.4. The molecule has 2 amide bonds. The van der Waals surface area contributed by atoms with Crippen LogP contribution in [0, 0.1) is 12.8 Å². The zero-order valence-corrected chi connectivity index (χ0v) is 19.1. The number of aromatic nitrogens is 1. The van der Waals surface area contributed by atoms with Gasteiger partial charge in [-0.3, -0.25) is 14.6 Å². The zero-order chi connectivity index (χ0) is 22.3. The van der Waals surface area contributed by atoms with Crippen LogP contribution in [-0.4, -0.2) is 42.5 Å². The zero-order valence-electron chi connectivity index (χ0n) is 18.4. The van der Waals surface area contributed by atoms with Gasteiger partial charge in [-0.25, -0.2) is 0 Å². The lowest BCUT2D eigenvalue weighted by Gasteiger charge is -2.32. The number of pyridine rings is 1. The highest BCUT2D eigenvalue weighted by molar-refractivity contribution is 6.30. The Morgan fingerprint density at radius 2 is 2.06 bits per heavy atom. The highest BCUT2D eigenvalue weighted by Gasteiger charge is 2.52. The highest BCUT2D eigenvalue weighted by Crippen LogP contribution is 2.46. The van der Waals surface area contributed by atoms with Crippen molar-refractivity contribution in [2.24, 2.45) is 5.92 Å². The van der Waals surface area contributed by atoms with Gasteiger partial charge in [-0.05, 0) is 69.2 Å². The van der Waals surface area contributed by atoms with Gasteiger partial charge in [-0.15, -0.1) is 0 Å². The minimum Gasteiger partial charge on any atom is -0.349 e. The molecule has 2 aliphatic heterocycles. The molecule has 3 heterocycles. The van der Waals surface area contributed by atoms with Gasteiger partial charge >= 0.3 is 0 Å². The van der Waals surface area contributed by atoms with E-state index >= 15 is 0 Å². The van der Waals surface area contributed by atoms with Crippen molar-refractivity contribution >= 4 is 29.1 Å². The molecule has 1 unspecified atom stereocenters. The Labute approximate surface area is 193 Å². The summed E-state index contributed by atoms with van der Waals surface area (Å²) in [6, 6.07) is 10.1. The fraction of sp³-hybridized carbons (Fsp3) is 0.480. The van der Waals surface area contributed by atoms with Crippen molar-refractivity contribution in [1.29, 1.82) is 0 Å². The molecule has 5 rings (SSSR count). The van der Waals surface area contributed by atoms with E-state index in [2.05, 4.69) is 27.8 Å². The first-order chi connectivity index (χ1) is 15.5. The Morgan fingerprint density at radius 1 is 1.28 bits per heavy atom. The molecule has 1 spiro atoms. The van der Waals surface area contributed by atoms with E-state index in [0.717, 1.165) is 57.4 Å². The summed E-state index contributed by atoms with van der Waals surface area (Å²) < 4.78 is 0. The van der Waals surface area contributed by atoms with E-state index in [1.807, 2.05) is 24.0 Å². The van der Waals surface area contributed by atoms with Crippen LogP contribution in [0.1, 0.15) is 53.7 Å². The van der Waals surface area contributed by atoms with Crippen molar-refractivity contribution in [3.05, 3.63) is 58.4 Å². The third-order valence-electron chi connectivity index (χ3n) is 7.44. The number of rotatable bonds is 4. The fourth-order valence-corrected chi connectivity index (χ4v) is 5.79. The molecule has 0 radical (unpaired) electrons. The van der Waals surface area contributed by atoms with Crippen LogP contribution in [0.4, 0.5) is 5.69 Å². The molecule has 2 N–H and O–H groups in total. The summed E-state index contributed by atoms with van der Waals surface area (Å²) in [7, 11) is 0. The standard InChI is InChI=1S/C25H29ClN4O2/c1-16-20(12-18(26)13-28-16)23(31)29-19-8-6-17(7-9-19)14-30-22-5-3-2-4-21(22)25(24(30)32)10-11-27-15-25/h2-5,12-13,17,19,27H,6-11,14-15H2,1H3,(H,29,31)/t17-,19-,25?. The molecule has 168 valence electrons. The molecule has 2 aromatic rings. The fourth-order valence-electron chi connectivity index (χ4n) is 5.63. The van der Waals surface area contributed by atoms with E-state index in [1.54, 1.807) is 12.3 Å². The van der Waals surface area contributed by atoms with Gasteiger partial charge in [0.1, 0.15) is 0 Å². The second-order valence-corrected chi connectivity index (χ2v) is 9.86. The molecule has 3 aliphatic rings. The van der Waals surface area contributed by atoms with Gasteiger partial charge in [0.2, 0.25) is 5.91 Å². The van der Waals surface area contributed by atoms with Crippen LogP contribution in [0.3, 0.4) is 0 Å². The van der Waals surface area contributed by atoms with Gasteiger partial charge in [0.25, 0.3) is 5.91 Å². The van der Waals surface area contributed by atoms with Crippen LogP contribution in [0.15, 0.2) is 36.5 Å². The summed E-state index contributed by atoms with van der Waals surface area (Å²) in [5.74, 6) is 0.586. The van der Waals surface area contributed by atoms with Gasteiger partial charge in [-0.1, -0.05) is 29.8 Å². The molecule has 1 aromatic carbocycles. The normalized spacial score (nSPS) is 27.1. The third kappa shape index (κ3) is 3.69. The highest BCUT2D eigenvalue weighted by atomic mass is 35.5. The van der Waals surface area contributed by atoms with Crippen molar-refractivity contribution in [3.63, 3.8) is 0 Å². The van der Waals surface area contributed by atoms with Crippen LogP contribution in [0.5, 0.6) is 0 Å². The number of aryl methyl sites for hydroxylation is 1. The number of nitrogens with one attached hydrogen (secondary N) is 2. The van der Waals surface area contributed by atoms with Gasteiger partial charge < -0.3 is 15.5 Å². The van der Waals surface area contributed by atoms with Gasteiger partial charge in [0.15, 0.2) is 0 Å². The van der Waals surface area contributed by atoms with Crippen molar-refractivity contribution in [2.75, 3.05) is 24.5 Å². The minimum atomic E-state index is -0.384. The maximum Gasteiger partial charge on any atom is 0.253 e. The quantitative estimate of drug-likeness (QED) is 0.743. The van der Waals surface area contributed by atoms with Gasteiger partial charge in [0, 0.05) is 31.0 Å². The SMILES string of the molecule is Cc1ncc(Cl)cc1C(=O)N[C@H]1CC[C@H](CN2C(=O)C3(CCNC3)c3ccccc32)CC1. The average molecular weight is 453 g/mol. The number of hydrogen-bond donors (Lipinski definition) is 2. The Morgan fingerprint density at radius 3 is 2.81 bits per heavy atom. The van der Waals surface area contributed by atoms with E-state index in [0.29, 0.717) is 22.2 Å². The van der Waals surface area contributed by atoms with Gasteiger partial charge in [0.05, 0.1) is 21.7 Å². The number of carbonyl (C=O) groups is 2. The molecular weight excluding hydrogens is 424 g/mol. The second kappa shape index (κ2) is 8.49. The second-order valence-electron chi connectivity index (χ2n) is 9.42. The maximum absolute atomic E-state index is 13.5. The van der Waals surface area contributed by atoms with Crippen LogP contribution in [0.25, 0.3) is 0 Å². The van der Waals surface area contributed by atoms with Gasteiger partial charge in [-0.2, -0.15) is 0 Å². The molecule has 1 saturated heterocycles. The maximum atomic E-state index is 13.5. The Kier molecular flexibility index (Phi) is 5.68. The number of amides is 2. The molecule has 1 aromatic heterocycles. The van der Waals surface area contributed by atoms with Crippen molar-refractivity contribution < 1.29 is 9.59 Å². The van der Waals surface area contributed by atoms with E-state index in [9.17, 15) is 9.59 Å². The molecule has 1 atom stereocenters. The van der Waals surface area contributed by atoms with Crippen LogP contribution >= 0.6 is 11.6 Å². The summed E-state index contributed by atoms with van der Waals surface area (Å²) in [4.78, 5) is 32.4. The largest absolute Gasteiger partial charge is 0.349 e. The number of para-hydroxylation sites is 1. The van der Waals surface area contributed by atoms with Crippen LogP contribution < -0.4 is 15.5 Å². The number of nitrogens with zero attached hydrogens (tertiary/aromatic N) is 2. The summed E-state index contributed by atoms with van der Waals surface area (Å²) in [5, 5.41) is 7.02. The van der Waals surface area contributed by atoms with E-state index < -0.39 is 0 Å². The first-order valence-corrected chi connectivity index (χ1v) is 11.9. The number of halogens is 1. The van der Waals surface area contributed by atoms with Crippen molar-refractivity contribution in [2.45, 2.75) is 50.5 Å². The average Bonchev–Trinajstić information content (AvgIpc) is 3.38. The van der Waals surface area contributed by atoms with Crippen molar-refractivity contribution in [3.8, 4) is 0 Å². The van der Waals surface area contributed by atoms with E-state index in [-0.39, 0.29) is 23.3 Å². The summed E-state index contributed by atoms with van der Waals surface area (Å²) in [6.07, 6.45) is 6.25. The summed E-state index contributed by atoms with van der Waals surface area (Å²) in [5.41, 5.74) is 3.10. The first-order valence-electron chi connectivity index (χ1n) is 11.5. The lowest BCUT2D eigenvalue weighted by molar-refractivity contribution is -0.122. The molecule has 0 bridgehead atoms. The Balaban J connectivity index is 1.22. The Bertz CT molecular complexity index is 1040. The van der Waals surface area contributed by atoms with E-state index in [1.165, 1.54) is 5.56 Å². The molecule has 2 fully saturated rings. The topological polar surface area (TPSA) is 74.3 Å². The summed E-state index contributed by atoms with van der Waals surface area (Å²) in [6.45, 7) is 4.20. The number of fused-ring (bicyclic) bond motifs is 2. The monoisotopic (exact) mass is 452 g/mol. The number of hydrogen-bond acceptors (Lipinski definition) is 4. The molecule has 7 heteroatoms. The van der Waals surface area contributed by atoms with E-state index in [4.69, 9.17) is 11.6 Å². The number of benzene rings is 1. The minimum absolute atomic E-state index is 0.111. The lowest BCUT2D eigenvalue weighted by atomic mass is 9.81. The van der Waals surface area contributed by atoms with Crippen LogP contribution in [-0.2, 0) is 10.2 Å². The van der Waals surface area contributed by atoms with Crippen LogP contribution in [0.2, 0.25) is 5.02 Å². The smallest absolute Gasteiger partial charge is 0.253 e. The predicted octanol–water partition coefficient (Wildman–Crippen LogP) is 3.61. The molecular formula is C25H29ClN4O2. The molecule has 6 nitrogen and oxygen atoms in total. The summed E-state index contributed by atoms with van der Waals surface area (Å²) >= 11 is 6.02. The predicted molar refractivity (Wildman–Crippen MR) is 125 cm³/mol. The van der Waals surface area contributed by atoms with Crippen molar-refractivity contribution in [1.82, 2.24) is 15.6 Å². The molecule has 1 saturated carbocycles. The Hall–Kier alpha value is -2.44. The molecule has 1 aliphatic carbocycles. The number of carbonyl (C=O) groups excluding carboxylic acids is 2. The molecule has 32 heavy (non-hydrogen) atoms. The third-order valence-corrected chi connectivity index (χ3v) is 7.65. The lowest BCUT2D eigenvalue weighted by Crippen LogP contribution is -2.45.